The summed E-state index contributed by atoms with van der Waals surface area (Å²) in [6.45, 7) is 9.44. The summed E-state index contributed by atoms with van der Waals surface area (Å²) in [6.07, 6.45) is 7.18. The van der Waals surface area contributed by atoms with Gasteiger partial charge in [-0.25, -0.2) is 9.48 Å². The highest BCUT2D eigenvalue weighted by Gasteiger charge is 2.22. The van der Waals surface area contributed by atoms with E-state index >= 15 is 0 Å². The number of urea groups is 1. The number of rotatable bonds is 10. The number of benzene rings is 2. The molecule has 2 aromatic heterocycles. The molecule has 9 heteroatoms. The first-order valence-electron chi connectivity index (χ1n) is 14.5. The number of nitrogens with zero attached hydrogens (tertiary/aromatic N) is 4. The number of likely N-dealkylation sites (tertiary alicyclic amines) is 1. The molecule has 218 valence electrons. The van der Waals surface area contributed by atoms with Crippen LogP contribution in [0.2, 0.25) is 0 Å². The SMILES string of the molecule is CC(C)(C)c1cc(NC(=O)Nc2ccc(Oc3ccncc3)cc2)n(-c2cccc(C(=O)CCCN3CCCC3)c2)n1. The molecule has 0 bridgehead atoms. The van der Waals surface area contributed by atoms with E-state index in [1.165, 1.54) is 12.8 Å². The molecule has 0 spiro atoms. The van der Waals surface area contributed by atoms with E-state index in [0.29, 0.717) is 40.7 Å². The van der Waals surface area contributed by atoms with Crippen LogP contribution in [0.5, 0.6) is 11.5 Å². The van der Waals surface area contributed by atoms with Crippen LogP contribution in [0, 0.1) is 0 Å². The van der Waals surface area contributed by atoms with Crippen LogP contribution in [0.25, 0.3) is 5.69 Å². The van der Waals surface area contributed by atoms with Crippen molar-refractivity contribution in [3.63, 3.8) is 0 Å². The van der Waals surface area contributed by atoms with Crippen LogP contribution < -0.4 is 15.4 Å². The molecule has 0 aliphatic carbocycles. The highest BCUT2D eigenvalue weighted by molar-refractivity contribution is 5.99. The summed E-state index contributed by atoms with van der Waals surface area (Å²) in [5, 5.41) is 10.6. The standard InChI is InChI=1S/C33H38N6O3/c1-33(2,3)30-23-31(36-32(41)35-25-11-13-27(14-12-25)42-28-15-17-34-18-16-28)39(37-30)26-9-6-8-24(22-26)29(40)10-7-21-38-19-4-5-20-38/h6,8-9,11-18,22-23H,4-5,7,10,19-21H2,1-3H3,(H2,35,36,41). The topological polar surface area (TPSA) is 101 Å². The molecule has 4 aromatic rings. The van der Waals surface area contributed by atoms with Gasteiger partial charge < -0.3 is 15.0 Å². The molecule has 0 unspecified atom stereocenters. The van der Waals surface area contributed by atoms with E-state index in [1.807, 2.05) is 30.3 Å². The molecule has 2 N–H and O–H groups in total. The maximum absolute atomic E-state index is 13.0. The fourth-order valence-electron chi connectivity index (χ4n) is 4.89. The van der Waals surface area contributed by atoms with E-state index in [0.717, 1.165) is 31.7 Å². The monoisotopic (exact) mass is 566 g/mol. The highest BCUT2D eigenvalue weighted by atomic mass is 16.5. The average molecular weight is 567 g/mol. The number of Topliss-reactive ketones (excluding diaryl/α,β-unsaturated/α-hetero) is 1. The molecule has 0 atom stereocenters. The Labute approximate surface area is 246 Å². The Kier molecular flexibility index (Phi) is 8.97. The minimum absolute atomic E-state index is 0.114. The molecule has 1 aliphatic heterocycles. The normalized spacial score (nSPS) is 13.6. The van der Waals surface area contributed by atoms with Crippen LogP contribution >= 0.6 is 0 Å². The maximum atomic E-state index is 13.0. The maximum Gasteiger partial charge on any atom is 0.324 e. The van der Waals surface area contributed by atoms with E-state index in [-0.39, 0.29) is 11.2 Å². The summed E-state index contributed by atoms with van der Waals surface area (Å²) in [5.41, 5.74) is 2.54. The van der Waals surface area contributed by atoms with E-state index in [2.05, 4.69) is 41.3 Å². The van der Waals surface area contributed by atoms with Gasteiger partial charge in [-0.05, 0) is 87.4 Å². The Bertz CT molecular complexity index is 1500. The van der Waals surface area contributed by atoms with Crippen molar-refractivity contribution in [2.24, 2.45) is 0 Å². The quantitative estimate of drug-likeness (QED) is 0.199. The minimum atomic E-state index is -0.409. The van der Waals surface area contributed by atoms with Gasteiger partial charge in [-0.2, -0.15) is 5.10 Å². The molecular weight excluding hydrogens is 528 g/mol. The van der Waals surface area contributed by atoms with Crippen LogP contribution in [0.3, 0.4) is 0 Å². The zero-order valence-corrected chi connectivity index (χ0v) is 24.5. The van der Waals surface area contributed by atoms with Crippen LogP contribution in [-0.4, -0.2) is 51.1 Å². The number of nitrogens with one attached hydrogen (secondary N) is 2. The van der Waals surface area contributed by atoms with E-state index < -0.39 is 6.03 Å². The Morgan fingerprint density at radius 2 is 1.62 bits per heavy atom. The largest absolute Gasteiger partial charge is 0.457 e. The molecular formula is C33H38N6O3. The van der Waals surface area contributed by atoms with Gasteiger partial charge in [0.25, 0.3) is 0 Å². The van der Waals surface area contributed by atoms with Crippen LogP contribution in [-0.2, 0) is 5.41 Å². The number of hydrogen-bond donors (Lipinski definition) is 2. The number of hydrogen-bond acceptors (Lipinski definition) is 6. The van der Waals surface area contributed by atoms with Gasteiger partial charge in [0.15, 0.2) is 5.78 Å². The number of pyridine rings is 1. The predicted molar refractivity (Wildman–Crippen MR) is 165 cm³/mol. The third kappa shape index (κ3) is 7.61. The molecule has 3 heterocycles. The lowest BCUT2D eigenvalue weighted by Gasteiger charge is -2.14. The molecule has 1 fully saturated rings. The minimum Gasteiger partial charge on any atom is -0.457 e. The molecule has 0 radical (unpaired) electrons. The van der Waals surface area contributed by atoms with Crippen molar-refractivity contribution in [2.45, 2.75) is 51.9 Å². The third-order valence-electron chi connectivity index (χ3n) is 7.21. The van der Waals surface area contributed by atoms with Gasteiger partial charge in [-0.3, -0.25) is 15.1 Å². The van der Waals surface area contributed by atoms with Gasteiger partial charge in [-0.1, -0.05) is 32.9 Å². The van der Waals surface area contributed by atoms with E-state index in [9.17, 15) is 9.59 Å². The number of carbonyl (C=O) groups is 2. The highest BCUT2D eigenvalue weighted by Crippen LogP contribution is 2.27. The lowest BCUT2D eigenvalue weighted by molar-refractivity contribution is 0.0976. The molecule has 2 amide bonds. The fourth-order valence-corrected chi connectivity index (χ4v) is 4.89. The Morgan fingerprint density at radius 1 is 0.905 bits per heavy atom. The number of anilines is 2. The first-order valence-corrected chi connectivity index (χ1v) is 14.5. The van der Waals surface area contributed by atoms with Gasteiger partial charge >= 0.3 is 6.03 Å². The fraction of sp³-hybridized carbons (Fsp3) is 0.333. The summed E-state index contributed by atoms with van der Waals surface area (Å²) in [5.74, 6) is 1.95. The molecule has 2 aromatic carbocycles. The van der Waals surface area contributed by atoms with Crippen molar-refractivity contribution >= 4 is 23.3 Å². The van der Waals surface area contributed by atoms with Crippen molar-refractivity contribution in [3.05, 3.63) is 90.4 Å². The van der Waals surface area contributed by atoms with Gasteiger partial charge in [0.05, 0.1) is 11.4 Å². The number of ether oxygens (including phenoxy) is 1. The second-order valence-corrected chi connectivity index (χ2v) is 11.6. The van der Waals surface area contributed by atoms with E-state index in [4.69, 9.17) is 9.84 Å². The number of ketones is 1. The van der Waals surface area contributed by atoms with Gasteiger partial charge in [0, 0.05) is 41.5 Å². The molecule has 1 saturated heterocycles. The Hall–Kier alpha value is -4.50. The lowest BCUT2D eigenvalue weighted by Crippen LogP contribution is -2.21. The summed E-state index contributed by atoms with van der Waals surface area (Å²) in [7, 11) is 0. The van der Waals surface area contributed by atoms with Crippen LogP contribution in [0.1, 0.15) is 62.5 Å². The van der Waals surface area contributed by atoms with Crippen molar-refractivity contribution in [2.75, 3.05) is 30.3 Å². The summed E-state index contributed by atoms with van der Waals surface area (Å²) < 4.78 is 7.49. The van der Waals surface area contributed by atoms with Crippen LogP contribution in [0.4, 0.5) is 16.3 Å². The van der Waals surface area contributed by atoms with Gasteiger partial charge in [-0.15, -0.1) is 0 Å². The lowest BCUT2D eigenvalue weighted by atomic mass is 9.92. The van der Waals surface area contributed by atoms with Crippen LogP contribution in [0.15, 0.2) is 79.1 Å². The average Bonchev–Trinajstić information content (AvgIpc) is 3.65. The van der Waals surface area contributed by atoms with Crippen molar-refractivity contribution in [1.82, 2.24) is 19.7 Å². The van der Waals surface area contributed by atoms with E-state index in [1.54, 1.807) is 53.5 Å². The number of aromatic nitrogens is 3. The smallest absolute Gasteiger partial charge is 0.324 e. The van der Waals surface area contributed by atoms with Crippen molar-refractivity contribution < 1.29 is 14.3 Å². The first kappa shape index (κ1) is 29.0. The second kappa shape index (κ2) is 13.0. The first-order chi connectivity index (χ1) is 20.2. The Balaban J connectivity index is 1.27. The summed E-state index contributed by atoms with van der Waals surface area (Å²) >= 11 is 0. The molecule has 1 aliphatic rings. The number of carbonyl (C=O) groups excluding carboxylic acids is 2. The zero-order chi connectivity index (χ0) is 29.5. The Morgan fingerprint density at radius 3 is 2.33 bits per heavy atom. The molecule has 9 nitrogen and oxygen atoms in total. The zero-order valence-electron chi connectivity index (χ0n) is 24.5. The van der Waals surface area contributed by atoms with Gasteiger partial charge in [0.1, 0.15) is 17.3 Å². The molecule has 5 rings (SSSR count). The third-order valence-corrected chi connectivity index (χ3v) is 7.21. The number of amides is 2. The van der Waals surface area contributed by atoms with Crippen molar-refractivity contribution in [1.29, 1.82) is 0 Å². The van der Waals surface area contributed by atoms with Gasteiger partial charge in [0.2, 0.25) is 0 Å². The second-order valence-electron chi connectivity index (χ2n) is 11.6. The predicted octanol–water partition coefficient (Wildman–Crippen LogP) is 7.06. The molecule has 0 saturated carbocycles. The molecule has 42 heavy (non-hydrogen) atoms. The summed E-state index contributed by atoms with van der Waals surface area (Å²) in [4.78, 5) is 32.5. The van der Waals surface area contributed by atoms with Crippen molar-refractivity contribution in [3.8, 4) is 17.2 Å². The summed E-state index contributed by atoms with van der Waals surface area (Å²) in [6, 6.07) is 19.6.